The fourth-order valence-electron chi connectivity index (χ4n) is 3.39. The highest BCUT2D eigenvalue weighted by Gasteiger charge is 2.13. The highest BCUT2D eigenvalue weighted by atomic mass is 32.1. The van der Waals surface area contributed by atoms with E-state index in [2.05, 4.69) is 32.7 Å². The van der Waals surface area contributed by atoms with Crippen molar-refractivity contribution in [2.24, 2.45) is 0 Å². The summed E-state index contributed by atoms with van der Waals surface area (Å²) in [4.78, 5) is 19.3. The van der Waals surface area contributed by atoms with E-state index >= 15 is 0 Å². The molecule has 0 unspecified atom stereocenters. The normalized spacial score (nSPS) is 14.4. The quantitative estimate of drug-likeness (QED) is 0.610. The van der Waals surface area contributed by atoms with Crippen molar-refractivity contribution in [3.05, 3.63) is 76.8 Å². The number of rotatable bonds is 7. The maximum Gasteiger partial charge on any atom is 0.315 e. The van der Waals surface area contributed by atoms with Crippen LogP contribution in [0, 0.1) is 0 Å². The van der Waals surface area contributed by atoms with Gasteiger partial charge in [-0.2, -0.15) is 0 Å². The summed E-state index contributed by atoms with van der Waals surface area (Å²) >= 11 is 1.59. The van der Waals surface area contributed by atoms with Gasteiger partial charge in [-0.3, -0.25) is 4.90 Å². The molecule has 0 atom stereocenters. The third kappa shape index (κ3) is 5.66. The Kier molecular flexibility index (Phi) is 7.07. The molecule has 2 heterocycles. The molecule has 7 heteroatoms. The molecule has 1 aliphatic heterocycles. The van der Waals surface area contributed by atoms with Crippen molar-refractivity contribution in [3.8, 4) is 10.6 Å². The molecule has 1 aliphatic rings. The highest BCUT2D eigenvalue weighted by Crippen LogP contribution is 2.23. The summed E-state index contributed by atoms with van der Waals surface area (Å²) in [5.41, 5.74) is 4.34. The van der Waals surface area contributed by atoms with Crippen molar-refractivity contribution in [1.82, 2.24) is 20.5 Å². The zero-order valence-corrected chi connectivity index (χ0v) is 17.7. The Labute approximate surface area is 180 Å². The van der Waals surface area contributed by atoms with Crippen LogP contribution in [0.2, 0.25) is 0 Å². The molecule has 2 N–H and O–H groups in total. The number of carbonyl (C=O) groups is 1. The van der Waals surface area contributed by atoms with Crippen LogP contribution < -0.4 is 10.6 Å². The van der Waals surface area contributed by atoms with E-state index in [9.17, 15) is 4.79 Å². The number of benzene rings is 2. The van der Waals surface area contributed by atoms with Crippen molar-refractivity contribution in [2.75, 3.05) is 26.3 Å². The van der Waals surface area contributed by atoms with Crippen LogP contribution in [0.15, 0.2) is 60.0 Å². The van der Waals surface area contributed by atoms with Crippen molar-refractivity contribution in [3.63, 3.8) is 0 Å². The van der Waals surface area contributed by atoms with Gasteiger partial charge in [-0.05, 0) is 11.1 Å². The molecule has 3 aromatic rings. The van der Waals surface area contributed by atoms with E-state index in [1.54, 1.807) is 11.3 Å². The lowest BCUT2D eigenvalue weighted by Gasteiger charge is -2.27. The number of urea groups is 1. The molecule has 0 saturated carbocycles. The summed E-state index contributed by atoms with van der Waals surface area (Å²) in [6.45, 7) is 5.24. The minimum Gasteiger partial charge on any atom is -0.379 e. The van der Waals surface area contributed by atoms with E-state index in [0.29, 0.717) is 13.1 Å². The third-order valence-corrected chi connectivity index (χ3v) is 6.00. The third-order valence-electron chi connectivity index (χ3n) is 5.06. The van der Waals surface area contributed by atoms with Crippen LogP contribution in [-0.4, -0.2) is 42.2 Å². The van der Waals surface area contributed by atoms with Gasteiger partial charge in [0.15, 0.2) is 0 Å². The van der Waals surface area contributed by atoms with Gasteiger partial charge in [0.1, 0.15) is 5.01 Å². The SMILES string of the molecule is O=C(NCc1csc(-c2ccccc2)n1)NCc1ccccc1CN1CCOCC1. The van der Waals surface area contributed by atoms with Gasteiger partial charge in [0, 0.05) is 37.1 Å². The van der Waals surface area contributed by atoms with Gasteiger partial charge >= 0.3 is 6.03 Å². The van der Waals surface area contributed by atoms with E-state index < -0.39 is 0 Å². The van der Waals surface area contributed by atoms with Gasteiger partial charge < -0.3 is 15.4 Å². The molecule has 0 spiro atoms. The molecule has 0 radical (unpaired) electrons. The van der Waals surface area contributed by atoms with Crippen molar-refractivity contribution in [1.29, 1.82) is 0 Å². The van der Waals surface area contributed by atoms with Crippen LogP contribution in [0.4, 0.5) is 4.79 Å². The van der Waals surface area contributed by atoms with Crippen LogP contribution in [0.25, 0.3) is 10.6 Å². The number of ether oxygens (including phenoxy) is 1. The predicted molar refractivity (Wildman–Crippen MR) is 119 cm³/mol. The molecule has 2 amide bonds. The second kappa shape index (κ2) is 10.3. The molecule has 2 aromatic carbocycles. The lowest BCUT2D eigenvalue weighted by molar-refractivity contribution is 0.0341. The Morgan fingerprint density at radius 2 is 1.67 bits per heavy atom. The van der Waals surface area contributed by atoms with E-state index in [0.717, 1.165) is 54.7 Å². The lowest BCUT2D eigenvalue weighted by atomic mass is 10.1. The number of nitrogens with zero attached hydrogens (tertiary/aromatic N) is 2. The van der Waals surface area contributed by atoms with Gasteiger partial charge in [-0.1, -0.05) is 54.6 Å². The number of nitrogens with one attached hydrogen (secondary N) is 2. The monoisotopic (exact) mass is 422 g/mol. The molecular formula is C23H26N4O2S. The standard InChI is InChI=1S/C23H26N4O2S/c28-23(25-15-21-17-30-22(26-21)18-6-2-1-3-7-18)24-14-19-8-4-5-9-20(19)16-27-10-12-29-13-11-27/h1-9,17H,10-16H2,(H2,24,25,28). The molecule has 1 fully saturated rings. The van der Waals surface area contributed by atoms with Gasteiger partial charge in [0.25, 0.3) is 0 Å². The minimum atomic E-state index is -0.189. The van der Waals surface area contributed by atoms with E-state index in [1.807, 2.05) is 47.8 Å². The molecular weight excluding hydrogens is 396 g/mol. The van der Waals surface area contributed by atoms with E-state index in [-0.39, 0.29) is 6.03 Å². The van der Waals surface area contributed by atoms with Crippen LogP contribution >= 0.6 is 11.3 Å². The average molecular weight is 423 g/mol. The van der Waals surface area contributed by atoms with Crippen LogP contribution in [-0.2, 0) is 24.4 Å². The van der Waals surface area contributed by atoms with Crippen molar-refractivity contribution in [2.45, 2.75) is 19.6 Å². The first-order chi connectivity index (χ1) is 14.8. The Morgan fingerprint density at radius 1 is 0.967 bits per heavy atom. The number of amides is 2. The largest absolute Gasteiger partial charge is 0.379 e. The molecule has 0 aliphatic carbocycles. The Balaban J connectivity index is 1.27. The average Bonchev–Trinajstić information content (AvgIpc) is 3.28. The van der Waals surface area contributed by atoms with Gasteiger partial charge in [0.2, 0.25) is 0 Å². The second-order valence-corrected chi connectivity index (χ2v) is 8.06. The topological polar surface area (TPSA) is 66.5 Å². The van der Waals surface area contributed by atoms with Crippen molar-refractivity contribution < 1.29 is 9.53 Å². The Bertz CT molecular complexity index is 955. The number of morpholine rings is 1. The molecule has 4 rings (SSSR count). The maximum atomic E-state index is 12.3. The highest BCUT2D eigenvalue weighted by molar-refractivity contribution is 7.13. The zero-order valence-electron chi connectivity index (χ0n) is 16.8. The smallest absolute Gasteiger partial charge is 0.315 e. The summed E-state index contributed by atoms with van der Waals surface area (Å²) in [5, 5.41) is 8.82. The molecule has 30 heavy (non-hydrogen) atoms. The number of hydrogen-bond acceptors (Lipinski definition) is 5. The van der Waals surface area contributed by atoms with Gasteiger partial charge in [-0.15, -0.1) is 11.3 Å². The fraction of sp³-hybridized carbons (Fsp3) is 0.304. The summed E-state index contributed by atoms with van der Waals surface area (Å²) in [6, 6.07) is 18.1. The summed E-state index contributed by atoms with van der Waals surface area (Å²) in [7, 11) is 0. The zero-order chi connectivity index (χ0) is 20.6. The second-order valence-electron chi connectivity index (χ2n) is 7.20. The molecule has 156 valence electrons. The van der Waals surface area contributed by atoms with Gasteiger partial charge in [0.05, 0.1) is 25.5 Å². The maximum absolute atomic E-state index is 12.3. The Morgan fingerprint density at radius 3 is 2.47 bits per heavy atom. The van der Waals surface area contributed by atoms with E-state index in [1.165, 1.54) is 5.56 Å². The molecule has 0 bridgehead atoms. The first-order valence-corrected chi connectivity index (χ1v) is 11.0. The predicted octanol–water partition coefficient (Wildman–Crippen LogP) is 3.64. The van der Waals surface area contributed by atoms with Crippen LogP contribution in [0.5, 0.6) is 0 Å². The number of hydrogen-bond donors (Lipinski definition) is 2. The van der Waals surface area contributed by atoms with Gasteiger partial charge in [-0.25, -0.2) is 9.78 Å². The number of carbonyl (C=O) groups excluding carboxylic acids is 1. The van der Waals surface area contributed by atoms with Crippen LogP contribution in [0.1, 0.15) is 16.8 Å². The first-order valence-electron chi connectivity index (χ1n) is 10.2. The Hall–Kier alpha value is -2.74. The summed E-state index contributed by atoms with van der Waals surface area (Å²) in [6.07, 6.45) is 0. The summed E-state index contributed by atoms with van der Waals surface area (Å²) < 4.78 is 5.43. The summed E-state index contributed by atoms with van der Waals surface area (Å²) in [5.74, 6) is 0. The van der Waals surface area contributed by atoms with E-state index in [4.69, 9.17) is 4.74 Å². The number of thiazole rings is 1. The molecule has 1 aromatic heterocycles. The first kappa shape index (κ1) is 20.5. The molecule has 1 saturated heterocycles. The van der Waals surface area contributed by atoms with Crippen LogP contribution in [0.3, 0.4) is 0 Å². The lowest BCUT2D eigenvalue weighted by Crippen LogP contribution is -2.37. The fourth-order valence-corrected chi connectivity index (χ4v) is 4.22. The number of aromatic nitrogens is 1. The minimum absolute atomic E-state index is 0.189. The van der Waals surface area contributed by atoms with Crippen molar-refractivity contribution >= 4 is 17.4 Å². The molecule has 6 nitrogen and oxygen atoms in total.